The average molecular weight is 302 g/mol. The highest BCUT2D eigenvalue weighted by atomic mass is 32.2. The van der Waals surface area contributed by atoms with Crippen molar-refractivity contribution in [1.82, 2.24) is 9.62 Å². The fourth-order valence-electron chi connectivity index (χ4n) is 3.41. The van der Waals surface area contributed by atoms with Crippen molar-refractivity contribution in [2.45, 2.75) is 70.9 Å². The number of sulfonamides is 1. The van der Waals surface area contributed by atoms with Crippen molar-refractivity contribution in [3.63, 3.8) is 0 Å². The van der Waals surface area contributed by atoms with Crippen LogP contribution in [-0.4, -0.2) is 44.2 Å². The van der Waals surface area contributed by atoms with Crippen molar-refractivity contribution in [2.75, 3.05) is 19.3 Å². The second-order valence-electron chi connectivity index (χ2n) is 7.34. The molecule has 118 valence electrons. The zero-order valence-corrected chi connectivity index (χ0v) is 14.0. The third kappa shape index (κ3) is 4.18. The first kappa shape index (κ1) is 16.2. The molecule has 0 aromatic heterocycles. The molecule has 2 rings (SSSR count). The van der Waals surface area contributed by atoms with E-state index < -0.39 is 10.0 Å². The molecule has 2 fully saturated rings. The standard InChI is InChI=1S/C15H30N2O2S/c1-15(2)9-7-14(8-10-15)17(3)20(18,19)12-13-6-4-5-11-16-13/h13-14,16H,4-12H2,1-3H3. The molecule has 1 atom stereocenters. The van der Waals surface area contributed by atoms with Gasteiger partial charge in [-0.15, -0.1) is 0 Å². The highest BCUT2D eigenvalue weighted by Crippen LogP contribution is 2.37. The van der Waals surface area contributed by atoms with Crippen LogP contribution in [-0.2, 0) is 10.0 Å². The molecule has 0 aromatic rings. The molecule has 0 spiro atoms. The third-order valence-corrected chi connectivity index (χ3v) is 7.09. The smallest absolute Gasteiger partial charge is 0.215 e. The van der Waals surface area contributed by atoms with Gasteiger partial charge < -0.3 is 5.32 Å². The quantitative estimate of drug-likeness (QED) is 0.867. The fraction of sp³-hybridized carbons (Fsp3) is 1.00. The summed E-state index contributed by atoms with van der Waals surface area (Å²) in [4.78, 5) is 0. The van der Waals surface area contributed by atoms with Gasteiger partial charge >= 0.3 is 0 Å². The van der Waals surface area contributed by atoms with Crippen LogP contribution in [0.15, 0.2) is 0 Å². The maximum Gasteiger partial charge on any atom is 0.215 e. The Morgan fingerprint density at radius 3 is 2.35 bits per heavy atom. The molecular formula is C15H30N2O2S. The van der Waals surface area contributed by atoms with Crippen LogP contribution in [0.1, 0.15) is 58.8 Å². The van der Waals surface area contributed by atoms with Gasteiger partial charge in [0, 0.05) is 19.1 Å². The van der Waals surface area contributed by atoms with Gasteiger partial charge in [-0.05, 0) is 50.5 Å². The molecule has 1 N–H and O–H groups in total. The number of rotatable bonds is 4. The highest BCUT2D eigenvalue weighted by molar-refractivity contribution is 7.89. The van der Waals surface area contributed by atoms with Gasteiger partial charge in [0.25, 0.3) is 0 Å². The number of hydrogen-bond acceptors (Lipinski definition) is 3. The van der Waals surface area contributed by atoms with Crippen LogP contribution in [0.2, 0.25) is 0 Å². The molecule has 0 amide bonds. The maximum atomic E-state index is 12.5. The molecule has 20 heavy (non-hydrogen) atoms. The Kier molecular flexibility index (Phi) is 5.14. The van der Waals surface area contributed by atoms with Crippen molar-refractivity contribution in [3.05, 3.63) is 0 Å². The van der Waals surface area contributed by atoms with Gasteiger partial charge in [0.15, 0.2) is 0 Å². The number of piperidine rings is 1. The molecule has 1 aliphatic carbocycles. The minimum atomic E-state index is -3.13. The lowest BCUT2D eigenvalue weighted by Gasteiger charge is -2.38. The fourth-order valence-corrected chi connectivity index (χ4v) is 5.11. The summed E-state index contributed by atoms with van der Waals surface area (Å²) in [6.45, 7) is 5.52. The van der Waals surface area contributed by atoms with Gasteiger partial charge in [-0.25, -0.2) is 12.7 Å². The van der Waals surface area contributed by atoms with Crippen LogP contribution >= 0.6 is 0 Å². The molecule has 0 bridgehead atoms. The summed E-state index contributed by atoms with van der Waals surface area (Å²) in [6, 6.07) is 0.354. The topological polar surface area (TPSA) is 49.4 Å². The molecular weight excluding hydrogens is 272 g/mol. The SMILES string of the molecule is CN(C1CCC(C)(C)CC1)S(=O)(=O)CC1CCCCN1. The monoisotopic (exact) mass is 302 g/mol. The third-order valence-electron chi connectivity index (χ3n) is 5.09. The normalized spacial score (nSPS) is 28.7. The van der Waals surface area contributed by atoms with E-state index in [1.807, 2.05) is 0 Å². The van der Waals surface area contributed by atoms with Gasteiger partial charge in [0.1, 0.15) is 0 Å². The van der Waals surface area contributed by atoms with E-state index in [1.165, 1.54) is 6.42 Å². The van der Waals surface area contributed by atoms with Gasteiger partial charge in [-0.2, -0.15) is 0 Å². The first-order valence-electron chi connectivity index (χ1n) is 7.99. The molecule has 1 unspecified atom stereocenters. The number of nitrogens with zero attached hydrogens (tertiary/aromatic N) is 1. The maximum absolute atomic E-state index is 12.5. The zero-order valence-electron chi connectivity index (χ0n) is 13.2. The zero-order chi connectivity index (χ0) is 14.8. The second kappa shape index (κ2) is 6.32. The predicted octanol–water partition coefficient (Wildman–Crippen LogP) is 2.36. The van der Waals surface area contributed by atoms with E-state index in [-0.39, 0.29) is 17.8 Å². The lowest BCUT2D eigenvalue weighted by Crippen LogP contribution is -2.47. The molecule has 1 aliphatic heterocycles. The number of hydrogen-bond donors (Lipinski definition) is 1. The predicted molar refractivity (Wildman–Crippen MR) is 83.2 cm³/mol. The van der Waals surface area contributed by atoms with Crippen LogP contribution in [0.25, 0.3) is 0 Å². The molecule has 1 saturated heterocycles. The van der Waals surface area contributed by atoms with Crippen molar-refractivity contribution in [1.29, 1.82) is 0 Å². The Bertz CT molecular complexity index is 404. The molecule has 1 saturated carbocycles. The minimum absolute atomic E-state index is 0.149. The van der Waals surface area contributed by atoms with E-state index in [0.717, 1.165) is 45.1 Å². The van der Waals surface area contributed by atoms with E-state index in [4.69, 9.17) is 0 Å². The van der Waals surface area contributed by atoms with Crippen LogP contribution in [0.3, 0.4) is 0 Å². The summed E-state index contributed by atoms with van der Waals surface area (Å²) in [6.07, 6.45) is 7.56. The van der Waals surface area contributed by atoms with Gasteiger partial charge in [-0.1, -0.05) is 20.3 Å². The van der Waals surface area contributed by atoms with Crippen LogP contribution in [0, 0.1) is 5.41 Å². The summed E-state index contributed by atoms with van der Waals surface area (Å²) in [5.74, 6) is 0.267. The second-order valence-corrected chi connectivity index (χ2v) is 9.41. The van der Waals surface area contributed by atoms with E-state index in [0.29, 0.717) is 5.41 Å². The molecule has 1 heterocycles. The minimum Gasteiger partial charge on any atom is -0.313 e. The summed E-state index contributed by atoms with van der Waals surface area (Å²) < 4.78 is 26.8. The van der Waals surface area contributed by atoms with Gasteiger partial charge in [-0.3, -0.25) is 0 Å². The Morgan fingerprint density at radius 1 is 1.15 bits per heavy atom. The largest absolute Gasteiger partial charge is 0.313 e. The van der Waals surface area contributed by atoms with E-state index in [9.17, 15) is 8.42 Å². The van der Waals surface area contributed by atoms with Gasteiger partial charge in [0.2, 0.25) is 10.0 Å². The Labute approximate surface area is 124 Å². The molecule has 2 aliphatic rings. The first-order valence-corrected chi connectivity index (χ1v) is 9.60. The Balaban J connectivity index is 1.91. The lowest BCUT2D eigenvalue weighted by molar-refractivity contribution is 0.173. The first-order chi connectivity index (χ1) is 9.30. The average Bonchev–Trinajstić information content (AvgIpc) is 2.38. The Hall–Kier alpha value is -0.130. The molecule has 5 heteroatoms. The summed E-state index contributed by atoms with van der Waals surface area (Å²) in [7, 11) is -1.35. The van der Waals surface area contributed by atoms with E-state index >= 15 is 0 Å². The lowest BCUT2D eigenvalue weighted by atomic mass is 9.76. The van der Waals surface area contributed by atoms with Crippen molar-refractivity contribution < 1.29 is 8.42 Å². The summed E-state index contributed by atoms with van der Waals surface area (Å²) in [5.41, 5.74) is 0.381. The highest BCUT2D eigenvalue weighted by Gasteiger charge is 2.34. The molecule has 0 radical (unpaired) electrons. The van der Waals surface area contributed by atoms with Crippen LogP contribution in [0.4, 0.5) is 0 Å². The molecule has 0 aromatic carbocycles. The summed E-state index contributed by atoms with van der Waals surface area (Å²) in [5, 5.41) is 3.34. The number of nitrogens with one attached hydrogen (secondary N) is 1. The van der Waals surface area contributed by atoms with Crippen molar-refractivity contribution >= 4 is 10.0 Å². The van der Waals surface area contributed by atoms with E-state index in [2.05, 4.69) is 19.2 Å². The molecule has 4 nitrogen and oxygen atoms in total. The Morgan fingerprint density at radius 2 is 1.80 bits per heavy atom. The van der Waals surface area contributed by atoms with Gasteiger partial charge in [0.05, 0.1) is 5.75 Å². The van der Waals surface area contributed by atoms with Crippen LogP contribution in [0.5, 0.6) is 0 Å². The van der Waals surface area contributed by atoms with Crippen molar-refractivity contribution in [3.8, 4) is 0 Å². The summed E-state index contributed by atoms with van der Waals surface area (Å²) >= 11 is 0. The van der Waals surface area contributed by atoms with E-state index in [1.54, 1.807) is 11.4 Å². The van der Waals surface area contributed by atoms with Crippen molar-refractivity contribution in [2.24, 2.45) is 5.41 Å². The van der Waals surface area contributed by atoms with Crippen LogP contribution < -0.4 is 5.32 Å².